The van der Waals surface area contributed by atoms with E-state index in [0.29, 0.717) is 23.6 Å². The lowest BCUT2D eigenvalue weighted by molar-refractivity contribution is 0.0927. The molecule has 1 aliphatic heterocycles. The molecule has 2 heterocycles. The molecule has 26 heavy (non-hydrogen) atoms. The number of guanidine groups is 1. The number of furan rings is 1. The molecule has 0 bridgehead atoms. The fourth-order valence-corrected chi connectivity index (χ4v) is 5.35. The van der Waals surface area contributed by atoms with Crippen LogP contribution in [0.15, 0.2) is 27.8 Å². The van der Waals surface area contributed by atoms with Crippen LogP contribution < -0.4 is 10.6 Å². The Hall–Kier alpha value is -1.63. The summed E-state index contributed by atoms with van der Waals surface area (Å²) in [5.41, 5.74) is 0. The van der Waals surface area contributed by atoms with Crippen LogP contribution in [0.4, 0.5) is 0 Å². The van der Waals surface area contributed by atoms with Crippen LogP contribution in [0.5, 0.6) is 0 Å². The van der Waals surface area contributed by atoms with Gasteiger partial charge < -0.3 is 20.0 Å². The van der Waals surface area contributed by atoms with Gasteiger partial charge in [-0.3, -0.25) is 9.79 Å². The van der Waals surface area contributed by atoms with Crippen molar-refractivity contribution in [3.63, 3.8) is 0 Å². The summed E-state index contributed by atoms with van der Waals surface area (Å²) in [6.07, 6.45) is 8.25. The lowest BCUT2D eigenvalue weighted by Gasteiger charge is -2.45. The van der Waals surface area contributed by atoms with Crippen LogP contribution in [0.2, 0.25) is 0 Å². The van der Waals surface area contributed by atoms with Gasteiger partial charge in [-0.1, -0.05) is 19.3 Å². The van der Waals surface area contributed by atoms with Crippen LogP contribution in [0.1, 0.15) is 49.6 Å². The fraction of sp³-hybridized carbons (Fsp3) is 0.684. The molecular weight excluding hydrogens is 348 g/mol. The van der Waals surface area contributed by atoms with Crippen LogP contribution in [0, 0.1) is 0 Å². The maximum Gasteiger partial charge on any atom is 0.287 e. The van der Waals surface area contributed by atoms with Crippen molar-refractivity contribution in [3.8, 4) is 0 Å². The van der Waals surface area contributed by atoms with Gasteiger partial charge in [-0.25, -0.2) is 0 Å². The molecule has 0 unspecified atom stereocenters. The number of carbonyl (C=O) groups excluding carboxylic acids is 1. The lowest BCUT2D eigenvalue weighted by atomic mass is 9.87. The average Bonchev–Trinajstić information content (AvgIpc) is 3.19. The maximum absolute atomic E-state index is 11.9. The minimum absolute atomic E-state index is 0.189. The maximum atomic E-state index is 11.9. The van der Waals surface area contributed by atoms with E-state index in [2.05, 4.69) is 34.2 Å². The van der Waals surface area contributed by atoms with Crippen molar-refractivity contribution < 1.29 is 9.21 Å². The molecule has 1 saturated heterocycles. The summed E-state index contributed by atoms with van der Waals surface area (Å²) < 4.78 is 5.52. The Balaban J connectivity index is 1.53. The van der Waals surface area contributed by atoms with Crippen LogP contribution >= 0.6 is 11.8 Å². The number of hydrogen-bond acceptors (Lipinski definition) is 4. The van der Waals surface area contributed by atoms with E-state index in [4.69, 9.17) is 9.41 Å². The Morgan fingerprint density at radius 1 is 1.35 bits per heavy atom. The first-order chi connectivity index (χ1) is 12.7. The molecule has 144 valence electrons. The van der Waals surface area contributed by atoms with E-state index in [1.165, 1.54) is 44.1 Å². The number of rotatable bonds is 5. The molecule has 1 spiro atoms. The van der Waals surface area contributed by atoms with Gasteiger partial charge in [0.05, 0.1) is 12.8 Å². The Labute approximate surface area is 160 Å². The number of aliphatic imine (C=N–C) groups is 1. The van der Waals surface area contributed by atoms with E-state index in [1.54, 1.807) is 12.1 Å². The number of carbonyl (C=O) groups is 1. The molecular formula is C19H30N4O2S. The molecule has 0 atom stereocenters. The normalized spacial score (nSPS) is 20.2. The number of thioether (sulfide) groups is 1. The minimum Gasteiger partial charge on any atom is -0.459 e. The predicted molar refractivity (Wildman–Crippen MR) is 107 cm³/mol. The molecule has 2 fully saturated rings. The molecule has 1 aromatic heterocycles. The third kappa shape index (κ3) is 4.96. The van der Waals surface area contributed by atoms with E-state index in [9.17, 15) is 4.79 Å². The van der Waals surface area contributed by atoms with Gasteiger partial charge in [0.1, 0.15) is 0 Å². The third-order valence-corrected chi connectivity index (χ3v) is 6.59. The molecule has 3 rings (SSSR count). The summed E-state index contributed by atoms with van der Waals surface area (Å²) in [6.45, 7) is 6.14. The second kappa shape index (κ2) is 9.35. The number of nitrogens with one attached hydrogen (secondary N) is 2. The van der Waals surface area contributed by atoms with E-state index in [0.717, 1.165) is 25.6 Å². The van der Waals surface area contributed by atoms with Crippen molar-refractivity contribution in [2.24, 2.45) is 4.99 Å². The first-order valence-corrected chi connectivity index (χ1v) is 10.7. The highest BCUT2D eigenvalue weighted by Crippen LogP contribution is 2.42. The Bertz CT molecular complexity index is 591. The Kier molecular flexibility index (Phi) is 6.88. The molecule has 6 nitrogen and oxygen atoms in total. The SMILES string of the molecule is CCNC(=NCCNC(=O)c1ccco1)N1CCSC2(CCCCC2)C1. The number of amides is 1. The largest absolute Gasteiger partial charge is 0.459 e. The Morgan fingerprint density at radius 3 is 2.92 bits per heavy atom. The van der Waals surface area contributed by atoms with Crippen LogP contribution in [-0.2, 0) is 0 Å². The first-order valence-electron chi connectivity index (χ1n) is 9.71. The quantitative estimate of drug-likeness (QED) is 0.468. The molecule has 2 aliphatic rings. The van der Waals surface area contributed by atoms with E-state index >= 15 is 0 Å². The summed E-state index contributed by atoms with van der Waals surface area (Å²) in [7, 11) is 0. The minimum atomic E-state index is -0.189. The van der Waals surface area contributed by atoms with Crippen molar-refractivity contribution in [1.82, 2.24) is 15.5 Å². The zero-order valence-electron chi connectivity index (χ0n) is 15.6. The van der Waals surface area contributed by atoms with Gasteiger partial charge in [0.15, 0.2) is 11.7 Å². The van der Waals surface area contributed by atoms with Gasteiger partial charge in [-0.05, 0) is 31.9 Å². The van der Waals surface area contributed by atoms with E-state index in [-0.39, 0.29) is 5.91 Å². The molecule has 0 aromatic carbocycles. The first kappa shape index (κ1) is 19.1. The summed E-state index contributed by atoms with van der Waals surface area (Å²) in [5.74, 6) is 2.29. The molecule has 2 N–H and O–H groups in total. The van der Waals surface area contributed by atoms with Crippen LogP contribution in [-0.4, -0.2) is 60.0 Å². The molecule has 1 aliphatic carbocycles. The highest BCUT2D eigenvalue weighted by atomic mass is 32.2. The van der Waals surface area contributed by atoms with Gasteiger partial charge in [0.25, 0.3) is 5.91 Å². The summed E-state index contributed by atoms with van der Waals surface area (Å²) in [5, 5.41) is 6.28. The lowest BCUT2D eigenvalue weighted by Crippen LogP contribution is -2.53. The standard InChI is InChI=1S/C19H30N4O2S/c1-2-20-18(22-11-10-21-17(24)16-7-6-13-25-16)23-12-14-26-19(15-23)8-4-3-5-9-19/h6-7,13H,2-5,8-12,14-15H2,1H3,(H,20,22)(H,21,24). The fourth-order valence-electron chi connectivity index (χ4n) is 3.78. The predicted octanol–water partition coefficient (Wildman–Crippen LogP) is 2.73. The molecule has 7 heteroatoms. The van der Waals surface area contributed by atoms with Crippen molar-refractivity contribution in [2.45, 2.75) is 43.8 Å². The highest BCUT2D eigenvalue weighted by molar-refractivity contribution is 8.00. The molecule has 0 radical (unpaired) electrons. The smallest absolute Gasteiger partial charge is 0.287 e. The zero-order valence-corrected chi connectivity index (χ0v) is 16.4. The number of hydrogen-bond donors (Lipinski definition) is 2. The van der Waals surface area contributed by atoms with Crippen molar-refractivity contribution in [3.05, 3.63) is 24.2 Å². The molecule has 1 saturated carbocycles. The topological polar surface area (TPSA) is 69.9 Å². The monoisotopic (exact) mass is 378 g/mol. The van der Waals surface area contributed by atoms with Gasteiger partial charge in [-0.2, -0.15) is 11.8 Å². The van der Waals surface area contributed by atoms with Crippen LogP contribution in [0.3, 0.4) is 0 Å². The second-order valence-corrected chi connectivity index (χ2v) is 8.55. The van der Waals surface area contributed by atoms with E-state index < -0.39 is 0 Å². The van der Waals surface area contributed by atoms with Crippen LogP contribution in [0.25, 0.3) is 0 Å². The van der Waals surface area contributed by atoms with Crippen molar-refractivity contribution >= 4 is 23.6 Å². The number of nitrogens with zero attached hydrogens (tertiary/aromatic N) is 2. The summed E-state index contributed by atoms with van der Waals surface area (Å²) in [4.78, 5) is 19.1. The zero-order chi connectivity index (χ0) is 18.2. The van der Waals surface area contributed by atoms with E-state index in [1.807, 2.05) is 0 Å². The van der Waals surface area contributed by atoms with Crippen molar-refractivity contribution in [2.75, 3.05) is 38.5 Å². The highest BCUT2D eigenvalue weighted by Gasteiger charge is 2.38. The van der Waals surface area contributed by atoms with Gasteiger partial charge in [0, 0.05) is 36.7 Å². The summed E-state index contributed by atoms with van der Waals surface area (Å²) in [6, 6.07) is 3.38. The summed E-state index contributed by atoms with van der Waals surface area (Å²) >= 11 is 2.16. The van der Waals surface area contributed by atoms with Gasteiger partial charge in [-0.15, -0.1) is 0 Å². The van der Waals surface area contributed by atoms with Crippen molar-refractivity contribution in [1.29, 1.82) is 0 Å². The second-order valence-electron chi connectivity index (χ2n) is 6.98. The molecule has 1 amide bonds. The van der Waals surface area contributed by atoms with Gasteiger partial charge in [0.2, 0.25) is 0 Å². The Morgan fingerprint density at radius 2 is 2.19 bits per heavy atom. The molecule has 1 aromatic rings. The average molecular weight is 379 g/mol. The van der Waals surface area contributed by atoms with Gasteiger partial charge >= 0.3 is 0 Å². The third-order valence-electron chi connectivity index (χ3n) is 5.05.